The van der Waals surface area contributed by atoms with Gasteiger partial charge in [-0.3, -0.25) is 19.1 Å². The lowest BCUT2D eigenvalue weighted by Gasteiger charge is -2.08. The first-order valence-electron chi connectivity index (χ1n) is 11.1. The average Bonchev–Trinajstić information content (AvgIpc) is 3.56. The van der Waals surface area contributed by atoms with E-state index >= 15 is 0 Å². The molecule has 9 heteroatoms. The summed E-state index contributed by atoms with van der Waals surface area (Å²) in [7, 11) is 0. The van der Waals surface area contributed by atoms with Crippen LogP contribution in [0.2, 0.25) is 0 Å². The highest BCUT2D eigenvalue weighted by Gasteiger charge is 2.14. The van der Waals surface area contributed by atoms with Crippen molar-refractivity contribution in [2.24, 2.45) is 0 Å². The molecule has 2 aromatic carbocycles. The minimum atomic E-state index is -0.504. The molecule has 3 amide bonds. The predicted molar refractivity (Wildman–Crippen MR) is 129 cm³/mol. The molecule has 0 saturated heterocycles. The number of aromatic nitrogens is 2. The maximum atomic E-state index is 12.3. The zero-order valence-corrected chi connectivity index (χ0v) is 18.9. The summed E-state index contributed by atoms with van der Waals surface area (Å²) in [4.78, 5) is 36.1. The maximum absolute atomic E-state index is 12.3. The summed E-state index contributed by atoms with van der Waals surface area (Å²) in [5.41, 5.74) is 3.71. The molecule has 178 valence electrons. The lowest BCUT2D eigenvalue weighted by Crippen LogP contribution is -2.41. The summed E-state index contributed by atoms with van der Waals surface area (Å²) < 4.78 is 6.81. The van der Waals surface area contributed by atoms with Crippen molar-refractivity contribution in [2.45, 2.75) is 13.1 Å². The molecule has 2 heterocycles. The first-order chi connectivity index (χ1) is 17.1. The van der Waals surface area contributed by atoms with Crippen LogP contribution in [0.3, 0.4) is 0 Å². The van der Waals surface area contributed by atoms with Gasteiger partial charge in [-0.15, -0.1) is 0 Å². The van der Waals surface area contributed by atoms with Gasteiger partial charge in [0.2, 0.25) is 11.8 Å². The lowest BCUT2D eigenvalue weighted by molar-refractivity contribution is -0.125. The van der Waals surface area contributed by atoms with Crippen molar-refractivity contribution in [1.29, 1.82) is 0 Å². The topological polar surface area (TPSA) is 118 Å². The molecule has 0 unspecified atom stereocenters. The summed E-state index contributed by atoms with van der Waals surface area (Å²) >= 11 is 0. The monoisotopic (exact) mass is 471 g/mol. The fourth-order valence-corrected chi connectivity index (χ4v) is 3.44. The van der Waals surface area contributed by atoms with Crippen molar-refractivity contribution in [1.82, 2.24) is 25.7 Å². The first kappa shape index (κ1) is 23.5. The van der Waals surface area contributed by atoms with Gasteiger partial charge in [-0.25, -0.2) is 0 Å². The van der Waals surface area contributed by atoms with E-state index in [0.717, 1.165) is 22.4 Å². The lowest BCUT2D eigenvalue weighted by atomic mass is 10.1. The van der Waals surface area contributed by atoms with E-state index in [4.69, 9.17) is 9.52 Å². The molecule has 4 rings (SSSR count). The number of amides is 3. The van der Waals surface area contributed by atoms with Crippen LogP contribution in [0, 0.1) is 0 Å². The van der Waals surface area contributed by atoms with E-state index in [1.54, 1.807) is 6.07 Å². The van der Waals surface area contributed by atoms with Crippen LogP contribution < -0.4 is 16.0 Å². The van der Waals surface area contributed by atoms with Crippen molar-refractivity contribution in [3.05, 3.63) is 102 Å². The second kappa shape index (κ2) is 11.5. The fraction of sp³-hybridized carbons (Fsp3) is 0.154. The van der Waals surface area contributed by atoms with Crippen LogP contribution in [0.25, 0.3) is 11.3 Å². The fourth-order valence-electron chi connectivity index (χ4n) is 3.44. The summed E-state index contributed by atoms with van der Waals surface area (Å²) in [5, 5.41) is 12.5. The number of carbonyl (C=O) groups excluding carboxylic acids is 3. The molecule has 4 aromatic rings. The van der Waals surface area contributed by atoms with E-state index < -0.39 is 11.8 Å². The van der Waals surface area contributed by atoms with E-state index in [0.29, 0.717) is 6.54 Å². The zero-order chi connectivity index (χ0) is 24.5. The van der Waals surface area contributed by atoms with Crippen LogP contribution in [0.5, 0.6) is 0 Å². The van der Waals surface area contributed by atoms with Crippen LogP contribution in [-0.4, -0.2) is 40.6 Å². The van der Waals surface area contributed by atoms with Crippen LogP contribution >= 0.6 is 0 Å². The van der Waals surface area contributed by atoms with Gasteiger partial charge in [0.05, 0.1) is 31.6 Å². The largest absolute Gasteiger partial charge is 0.459 e. The number of furan rings is 1. The third-order valence-corrected chi connectivity index (χ3v) is 5.15. The minimum absolute atomic E-state index is 0.109. The molecule has 35 heavy (non-hydrogen) atoms. The van der Waals surface area contributed by atoms with Gasteiger partial charge >= 0.3 is 0 Å². The molecule has 0 aliphatic carbocycles. The predicted octanol–water partition coefficient (Wildman–Crippen LogP) is 2.35. The SMILES string of the molecule is O=C(CNC(=O)CNC(=O)c1ccco1)NCc1cn(Cc2ccccc2)nc1-c1ccccc1. The van der Waals surface area contributed by atoms with E-state index in [9.17, 15) is 14.4 Å². The van der Waals surface area contributed by atoms with Crippen molar-refractivity contribution in [3.8, 4) is 11.3 Å². The molecule has 0 fully saturated rings. The van der Waals surface area contributed by atoms with Crippen LogP contribution in [-0.2, 0) is 22.7 Å². The van der Waals surface area contributed by atoms with Gasteiger partial charge in [0.25, 0.3) is 5.91 Å². The van der Waals surface area contributed by atoms with Gasteiger partial charge in [-0.2, -0.15) is 5.10 Å². The van der Waals surface area contributed by atoms with Gasteiger partial charge < -0.3 is 20.4 Å². The van der Waals surface area contributed by atoms with Crippen molar-refractivity contribution in [3.63, 3.8) is 0 Å². The number of nitrogens with one attached hydrogen (secondary N) is 3. The summed E-state index contributed by atoms with van der Waals surface area (Å²) in [6.07, 6.45) is 3.28. The average molecular weight is 472 g/mol. The Bertz CT molecular complexity index is 1270. The van der Waals surface area contributed by atoms with Crippen molar-refractivity contribution >= 4 is 17.7 Å². The van der Waals surface area contributed by atoms with E-state index in [1.807, 2.05) is 71.5 Å². The second-order valence-corrected chi connectivity index (χ2v) is 7.77. The molecule has 0 atom stereocenters. The Hall–Kier alpha value is -4.66. The van der Waals surface area contributed by atoms with Gasteiger partial charge in [0.1, 0.15) is 0 Å². The Labute approximate surface area is 202 Å². The number of benzene rings is 2. The number of hydrogen-bond acceptors (Lipinski definition) is 5. The number of hydrogen-bond donors (Lipinski definition) is 3. The second-order valence-electron chi connectivity index (χ2n) is 7.77. The zero-order valence-electron chi connectivity index (χ0n) is 18.9. The number of nitrogens with zero attached hydrogens (tertiary/aromatic N) is 2. The van der Waals surface area contributed by atoms with E-state index in [1.165, 1.54) is 12.3 Å². The van der Waals surface area contributed by atoms with Gasteiger partial charge in [0, 0.05) is 23.9 Å². The maximum Gasteiger partial charge on any atom is 0.287 e. The smallest absolute Gasteiger partial charge is 0.287 e. The molecular formula is C26H25N5O4. The van der Waals surface area contributed by atoms with Gasteiger partial charge in [-0.05, 0) is 17.7 Å². The molecule has 0 bridgehead atoms. The molecule has 3 N–H and O–H groups in total. The molecule has 0 radical (unpaired) electrons. The van der Waals surface area contributed by atoms with Crippen LogP contribution in [0.15, 0.2) is 89.7 Å². The van der Waals surface area contributed by atoms with Crippen LogP contribution in [0.4, 0.5) is 0 Å². The molecule has 0 saturated carbocycles. The third kappa shape index (κ3) is 6.67. The molecule has 2 aromatic heterocycles. The van der Waals surface area contributed by atoms with Crippen molar-refractivity contribution in [2.75, 3.05) is 13.1 Å². The van der Waals surface area contributed by atoms with Crippen LogP contribution in [0.1, 0.15) is 21.7 Å². The Morgan fingerprint density at radius 1 is 0.800 bits per heavy atom. The minimum Gasteiger partial charge on any atom is -0.459 e. The molecule has 9 nitrogen and oxygen atoms in total. The first-order valence-corrected chi connectivity index (χ1v) is 11.1. The molecule has 0 aliphatic heterocycles. The van der Waals surface area contributed by atoms with Crippen molar-refractivity contribution < 1.29 is 18.8 Å². The number of carbonyl (C=O) groups is 3. The number of rotatable bonds is 10. The normalized spacial score (nSPS) is 10.5. The quantitative estimate of drug-likeness (QED) is 0.328. The standard InChI is InChI=1S/C26H25N5O4/c32-23(15-28-24(33)16-29-26(34)22-12-7-13-35-22)27-14-21-18-31(17-19-8-3-1-4-9-19)30-25(21)20-10-5-2-6-11-20/h1-13,18H,14-17H2,(H,27,32)(H,28,33)(H,29,34). The highest BCUT2D eigenvalue weighted by atomic mass is 16.3. The van der Waals surface area contributed by atoms with E-state index in [-0.39, 0.29) is 31.3 Å². The highest BCUT2D eigenvalue weighted by Crippen LogP contribution is 2.22. The van der Waals surface area contributed by atoms with Gasteiger partial charge in [0.15, 0.2) is 5.76 Å². The summed E-state index contributed by atoms with van der Waals surface area (Å²) in [6.45, 7) is 0.378. The third-order valence-electron chi connectivity index (χ3n) is 5.15. The molecule has 0 spiro atoms. The Kier molecular flexibility index (Phi) is 7.70. The molecule has 0 aliphatic rings. The molecular weight excluding hydrogens is 446 g/mol. The van der Waals surface area contributed by atoms with Gasteiger partial charge in [-0.1, -0.05) is 60.7 Å². The Morgan fingerprint density at radius 3 is 2.20 bits per heavy atom. The summed E-state index contributed by atoms with van der Waals surface area (Å²) in [5.74, 6) is -1.24. The Balaban J connectivity index is 1.31. The highest BCUT2D eigenvalue weighted by molar-refractivity contribution is 5.94. The van der Waals surface area contributed by atoms with E-state index in [2.05, 4.69) is 16.0 Å². The summed E-state index contributed by atoms with van der Waals surface area (Å²) in [6, 6.07) is 22.8. The Morgan fingerprint density at radius 2 is 1.49 bits per heavy atom.